The molecule has 0 bridgehead atoms. The first-order valence-electron chi connectivity index (χ1n) is 7.49. The zero-order valence-electron chi connectivity index (χ0n) is 12.9. The summed E-state index contributed by atoms with van der Waals surface area (Å²) in [5.41, 5.74) is 3.59. The molecule has 1 amide bonds. The molecule has 4 rings (SSSR count). The monoisotopic (exact) mass is 399 g/mol. The largest absolute Gasteiger partial charge is 0.349 e. The molecule has 2 aromatic rings. The summed E-state index contributed by atoms with van der Waals surface area (Å²) in [5, 5.41) is 12.7. The number of carbonyl (C=O) groups excluding carboxylic acids is 1. The van der Waals surface area contributed by atoms with E-state index in [1.807, 2.05) is 49.4 Å². The Bertz CT molecular complexity index is 895. The molecule has 0 radical (unpaired) electrons. The summed E-state index contributed by atoms with van der Waals surface area (Å²) >= 11 is 5.09. The molecule has 0 spiro atoms. The number of halogens is 1. The summed E-state index contributed by atoms with van der Waals surface area (Å²) in [4.78, 5) is 15.2. The van der Waals surface area contributed by atoms with Crippen molar-refractivity contribution in [2.24, 2.45) is 0 Å². The van der Waals surface area contributed by atoms with Crippen LogP contribution >= 0.6 is 27.7 Å². The quantitative estimate of drug-likeness (QED) is 0.716. The second-order valence-corrected chi connectivity index (χ2v) is 7.65. The molecule has 2 aromatic carbocycles. The predicted molar refractivity (Wildman–Crippen MR) is 102 cm³/mol. The van der Waals surface area contributed by atoms with Crippen molar-refractivity contribution in [3.05, 3.63) is 63.1 Å². The standard InChI is InChI=1S/C18H14BrN3OS/c1-10-6-7-14(12(19)8-10)22-16(23)9-11(17(22)20)18-21-13-4-2-3-5-15(13)24-18/h2-8,20-21H,9H2,1H3. The van der Waals surface area contributed by atoms with E-state index in [1.165, 1.54) is 4.90 Å². The number of hydrogen-bond acceptors (Lipinski definition) is 4. The van der Waals surface area contributed by atoms with Gasteiger partial charge in [0.2, 0.25) is 5.91 Å². The van der Waals surface area contributed by atoms with Gasteiger partial charge in [-0.15, -0.1) is 0 Å². The molecule has 24 heavy (non-hydrogen) atoms. The van der Waals surface area contributed by atoms with Crippen molar-refractivity contribution < 1.29 is 4.79 Å². The zero-order valence-corrected chi connectivity index (χ0v) is 15.3. The van der Waals surface area contributed by atoms with Gasteiger partial charge in [0.25, 0.3) is 0 Å². The van der Waals surface area contributed by atoms with Crippen molar-refractivity contribution in [2.45, 2.75) is 18.2 Å². The fourth-order valence-electron chi connectivity index (χ4n) is 2.86. The number of thioether (sulfide) groups is 1. The lowest BCUT2D eigenvalue weighted by molar-refractivity contribution is -0.116. The molecule has 0 atom stereocenters. The molecule has 0 aromatic heterocycles. The van der Waals surface area contributed by atoms with E-state index in [4.69, 9.17) is 5.41 Å². The highest BCUT2D eigenvalue weighted by atomic mass is 79.9. The molecule has 0 saturated carbocycles. The molecule has 2 heterocycles. The molecule has 0 unspecified atom stereocenters. The Morgan fingerprint density at radius 3 is 2.79 bits per heavy atom. The molecular formula is C18H14BrN3OS. The number of nitrogens with zero attached hydrogens (tertiary/aromatic N) is 1. The van der Waals surface area contributed by atoms with E-state index < -0.39 is 0 Å². The van der Waals surface area contributed by atoms with E-state index in [1.54, 1.807) is 11.8 Å². The van der Waals surface area contributed by atoms with Crippen molar-refractivity contribution in [2.75, 3.05) is 10.2 Å². The Hall–Kier alpha value is -2.05. The van der Waals surface area contributed by atoms with Crippen molar-refractivity contribution in [1.82, 2.24) is 0 Å². The van der Waals surface area contributed by atoms with Gasteiger partial charge >= 0.3 is 0 Å². The van der Waals surface area contributed by atoms with Crippen LogP contribution in [0.25, 0.3) is 0 Å². The second-order valence-electron chi connectivity index (χ2n) is 5.74. The first-order chi connectivity index (χ1) is 11.5. The molecule has 120 valence electrons. The fourth-order valence-corrected chi connectivity index (χ4v) is 4.58. The van der Waals surface area contributed by atoms with Gasteiger partial charge in [-0.3, -0.25) is 15.1 Å². The molecular weight excluding hydrogens is 386 g/mol. The minimum atomic E-state index is -0.0783. The fraction of sp³-hybridized carbons (Fsp3) is 0.111. The van der Waals surface area contributed by atoms with E-state index in [0.717, 1.165) is 31.2 Å². The Morgan fingerprint density at radius 1 is 1.25 bits per heavy atom. The van der Waals surface area contributed by atoms with Crippen LogP contribution in [0.2, 0.25) is 0 Å². The van der Waals surface area contributed by atoms with Gasteiger partial charge in [-0.05, 0) is 52.7 Å². The smallest absolute Gasteiger partial charge is 0.237 e. The van der Waals surface area contributed by atoms with E-state index >= 15 is 0 Å². The lowest BCUT2D eigenvalue weighted by Gasteiger charge is -2.18. The summed E-state index contributed by atoms with van der Waals surface area (Å²) in [7, 11) is 0. The lowest BCUT2D eigenvalue weighted by Crippen LogP contribution is -2.29. The molecule has 1 saturated heterocycles. The highest BCUT2D eigenvalue weighted by Gasteiger charge is 2.36. The van der Waals surface area contributed by atoms with Gasteiger partial charge in [0.05, 0.1) is 22.8 Å². The van der Waals surface area contributed by atoms with Gasteiger partial charge in [-0.25, -0.2) is 0 Å². The van der Waals surface area contributed by atoms with Crippen molar-refractivity contribution in [3.63, 3.8) is 0 Å². The molecule has 6 heteroatoms. The van der Waals surface area contributed by atoms with Crippen LogP contribution in [0, 0.1) is 12.3 Å². The normalized spacial score (nSPS) is 19.7. The van der Waals surface area contributed by atoms with Crippen LogP contribution in [-0.4, -0.2) is 11.7 Å². The van der Waals surface area contributed by atoms with Gasteiger partial charge in [0, 0.05) is 14.9 Å². The first kappa shape index (κ1) is 15.5. The number of rotatable bonds is 1. The molecule has 1 fully saturated rings. The highest BCUT2D eigenvalue weighted by Crippen LogP contribution is 2.44. The van der Waals surface area contributed by atoms with E-state index in [2.05, 4.69) is 21.2 Å². The van der Waals surface area contributed by atoms with Gasteiger partial charge in [0.15, 0.2) is 0 Å². The summed E-state index contributed by atoms with van der Waals surface area (Å²) in [6, 6.07) is 13.8. The predicted octanol–water partition coefficient (Wildman–Crippen LogP) is 4.90. The van der Waals surface area contributed by atoms with E-state index in [-0.39, 0.29) is 18.2 Å². The number of hydrogen-bond donors (Lipinski definition) is 2. The first-order valence-corrected chi connectivity index (χ1v) is 9.10. The van der Waals surface area contributed by atoms with Crippen LogP contribution in [0.15, 0.2) is 62.4 Å². The summed E-state index contributed by atoms with van der Waals surface area (Å²) < 4.78 is 0.821. The molecule has 2 aliphatic heterocycles. The highest BCUT2D eigenvalue weighted by molar-refractivity contribution is 9.10. The third kappa shape index (κ3) is 2.46. The number of nitrogens with one attached hydrogen (secondary N) is 2. The summed E-state index contributed by atoms with van der Waals surface area (Å²) in [6.07, 6.45) is 0.239. The number of amidine groups is 1. The minimum absolute atomic E-state index is 0.0783. The third-order valence-electron chi connectivity index (χ3n) is 4.05. The number of carbonyl (C=O) groups is 1. The van der Waals surface area contributed by atoms with E-state index in [9.17, 15) is 4.79 Å². The van der Waals surface area contributed by atoms with Gasteiger partial charge in [-0.1, -0.05) is 30.0 Å². The lowest BCUT2D eigenvalue weighted by atomic mass is 10.2. The maximum absolute atomic E-state index is 12.6. The molecule has 2 N–H and O–H groups in total. The van der Waals surface area contributed by atoms with Crippen molar-refractivity contribution >= 4 is 50.8 Å². The van der Waals surface area contributed by atoms with Crippen LogP contribution in [-0.2, 0) is 4.79 Å². The van der Waals surface area contributed by atoms with Crippen LogP contribution in [0.4, 0.5) is 11.4 Å². The average Bonchev–Trinajstić information content (AvgIpc) is 3.09. The number of amides is 1. The number of aryl methyl sites for hydroxylation is 1. The Kier molecular flexibility index (Phi) is 3.73. The number of para-hydroxylation sites is 1. The van der Waals surface area contributed by atoms with Crippen LogP contribution in [0.5, 0.6) is 0 Å². The Labute approximate surface area is 152 Å². The van der Waals surface area contributed by atoms with Crippen LogP contribution in [0.1, 0.15) is 12.0 Å². The average molecular weight is 400 g/mol. The van der Waals surface area contributed by atoms with Crippen LogP contribution < -0.4 is 10.2 Å². The number of benzene rings is 2. The third-order valence-corrected chi connectivity index (χ3v) is 5.82. The zero-order chi connectivity index (χ0) is 16.8. The minimum Gasteiger partial charge on any atom is -0.349 e. The molecule has 0 aliphatic carbocycles. The summed E-state index contributed by atoms with van der Waals surface area (Å²) in [5.74, 6) is 0.165. The number of fused-ring (bicyclic) bond motifs is 1. The number of anilines is 2. The summed E-state index contributed by atoms with van der Waals surface area (Å²) in [6.45, 7) is 2.00. The van der Waals surface area contributed by atoms with Crippen molar-refractivity contribution in [1.29, 1.82) is 5.41 Å². The van der Waals surface area contributed by atoms with Gasteiger partial charge in [0.1, 0.15) is 5.84 Å². The van der Waals surface area contributed by atoms with Crippen LogP contribution in [0.3, 0.4) is 0 Å². The van der Waals surface area contributed by atoms with Crippen molar-refractivity contribution in [3.8, 4) is 0 Å². The molecule has 2 aliphatic rings. The maximum atomic E-state index is 12.6. The van der Waals surface area contributed by atoms with E-state index in [0.29, 0.717) is 5.69 Å². The Morgan fingerprint density at radius 2 is 2.04 bits per heavy atom. The topological polar surface area (TPSA) is 56.2 Å². The maximum Gasteiger partial charge on any atom is 0.237 e. The van der Waals surface area contributed by atoms with Gasteiger partial charge in [-0.2, -0.15) is 0 Å². The second kappa shape index (κ2) is 5.79. The SMILES string of the molecule is Cc1ccc(N2C(=N)C(=C3Nc4ccccc4S3)CC2=O)c(Br)c1. The molecule has 4 nitrogen and oxygen atoms in total. The van der Waals surface area contributed by atoms with Gasteiger partial charge < -0.3 is 5.32 Å². The Balaban J connectivity index is 1.71.